The molecule has 0 aliphatic rings. The summed E-state index contributed by atoms with van der Waals surface area (Å²) in [5, 5.41) is 7.67. The minimum atomic E-state index is -0.303. The maximum absolute atomic E-state index is 13.1. The van der Waals surface area contributed by atoms with Gasteiger partial charge in [0.2, 0.25) is 11.8 Å². The molecule has 4 nitrogen and oxygen atoms in total. The van der Waals surface area contributed by atoms with Gasteiger partial charge >= 0.3 is 0 Å². The van der Waals surface area contributed by atoms with E-state index in [1.807, 2.05) is 0 Å². The highest BCUT2D eigenvalue weighted by molar-refractivity contribution is 5.53. The fourth-order valence-electron chi connectivity index (χ4n) is 1.31. The number of hydrogen-bond acceptors (Lipinski definition) is 4. The Morgan fingerprint density at radius 1 is 1.38 bits per heavy atom. The van der Waals surface area contributed by atoms with Crippen molar-refractivity contribution in [3.05, 3.63) is 35.5 Å². The van der Waals surface area contributed by atoms with Crippen molar-refractivity contribution in [2.24, 2.45) is 5.73 Å². The number of halogens is 1. The third kappa shape index (κ3) is 1.94. The minimum absolute atomic E-state index is 0.254. The standard InChI is InChI=1S/C11H12FN3O/c1-6-5-8(3-4-9(6)12)11-15-14-10(16-11)7(2)13/h3-5,7H,13H2,1-2H3. The van der Waals surface area contributed by atoms with E-state index in [2.05, 4.69) is 10.2 Å². The zero-order chi connectivity index (χ0) is 11.7. The molecule has 2 aromatic rings. The molecule has 0 bridgehead atoms. The lowest BCUT2D eigenvalue weighted by Gasteiger charge is -1.99. The molecular formula is C11H12FN3O. The van der Waals surface area contributed by atoms with Gasteiger partial charge in [-0.3, -0.25) is 0 Å². The van der Waals surface area contributed by atoms with Crippen molar-refractivity contribution >= 4 is 0 Å². The molecule has 0 spiro atoms. The van der Waals surface area contributed by atoms with Crippen molar-refractivity contribution in [1.29, 1.82) is 0 Å². The second kappa shape index (κ2) is 4.02. The first-order valence-corrected chi connectivity index (χ1v) is 4.93. The first kappa shape index (κ1) is 10.8. The maximum Gasteiger partial charge on any atom is 0.247 e. The van der Waals surface area contributed by atoms with Crippen LogP contribution < -0.4 is 5.73 Å². The van der Waals surface area contributed by atoms with Gasteiger partial charge in [0.15, 0.2) is 0 Å². The van der Waals surface area contributed by atoms with Gasteiger partial charge in [-0.1, -0.05) is 0 Å². The van der Waals surface area contributed by atoms with Crippen LogP contribution >= 0.6 is 0 Å². The molecule has 2 N–H and O–H groups in total. The molecule has 1 heterocycles. The summed E-state index contributed by atoms with van der Waals surface area (Å²) in [6.45, 7) is 3.44. The number of aromatic nitrogens is 2. The fourth-order valence-corrected chi connectivity index (χ4v) is 1.31. The number of aryl methyl sites for hydroxylation is 1. The van der Waals surface area contributed by atoms with Crippen LogP contribution in [-0.2, 0) is 0 Å². The molecule has 0 radical (unpaired) electrons. The third-order valence-electron chi connectivity index (χ3n) is 2.24. The van der Waals surface area contributed by atoms with Crippen LogP contribution in [0.1, 0.15) is 24.4 Å². The van der Waals surface area contributed by atoms with Gasteiger partial charge < -0.3 is 10.2 Å². The van der Waals surface area contributed by atoms with Crippen LogP contribution in [0.4, 0.5) is 4.39 Å². The van der Waals surface area contributed by atoms with Crippen LogP contribution in [0.3, 0.4) is 0 Å². The summed E-state index contributed by atoms with van der Waals surface area (Å²) in [5.41, 5.74) is 6.84. The Balaban J connectivity index is 2.39. The molecule has 0 saturated heterocycles. The number of nitrogens with two attached hydrogens (primary N) is 1. The van der Waals surface area contributed by atoms with Gasteiger partial charge in [0.25, 0.3) is 0 Å². The van der Waals surface area contributed by atoms with Crippen LogP contribution in [0.25, 0.3) is 11.5 Å². The zero-order valence-corrected chi connectivity index (χ0v) is 9.07. The second-order valence-corrected chi connectivity index (χ2v) is 3.70. The molecule has 0 fully saturated rings. The van der Waals surface area contributed by atoms with Gasteiger partial charge in [0.1, 0.15) is 5.82 Å². The van der Waals surface area contributed by atoms with Gasteiger partial charge in [-0.2, -0.15) is 0 Å². The van der Waals surface area contributed by atoms with E-state index in [-0.39, 0.29) is 11.9 Å². The number of benzene rings is 1. The molecule has 0 saturated carbocycles. The van der Waals surface area contributed by atoms with Crippen molar-refractivity contribution in [2.45, 2.75) is 19.9 Å². The first-order chi connectivity index (χ1) is 7.58. The lowest BCUT2D eigenvalue weighted by atomic mass is 10.1. The average molecular weight is 221 g/mol. The van der Waals surface area contributed by atoms with E-state index in [0.29, 0.717) is 22.9 Å². The zero-order valence-electron chi connectivity index (χ0n) is 9.07. The van der Waals surface area contributed by atoms with Gasteiger partial charge in [-0.15, -0.1) is 10.2 Å². The third-order valence-corrected chi connectivity index (χ3v) is 2.24. The Morgan fingerprint density at radius 3 is 2.69 bits per heavy atom. The first-order valence-electron chi connectivity index (χ1n) is 4.93. The van der Waals surface area contributed by atoms with E-state index in [1.165, 1.54) is 6.07 Å². The Labute approximate surface area is 92.3 Å². The summed E-state index contributed by atoms with van der Waals surface area (Å²) < 4.78 is 18.4. The smallest absolute Gasteiger partial charge is 0.247 e. The van der Waals surface area contributed by atoms with Crippen molar-refractivity contribution in [2.75, 3.05) is 0 Å². The van der Waals surface area contributed by atoms with E-state index in [0.717, 1.165) is 0 Å². The molecule has 84 valence electrons. The number of nitrogens with zero attached hydrogens (tertiary/aromatic N) is 2. The summed E-state index contributed by atoms with van der Waals surface area (Å²) in [6, 6.07) is 4.33. The molecule has 0 amide bonds. The Kier molecular flexibility index (Phi) is 2.70. The molecule has 1 aromatic heterocycles. The number of hydrogen-bond donors (Lipinski definition) is 1. The predicted octanol–water partition coefficient (Wildman–Crippen LogP) is 2.20. The van der Waals surface area contributed by atoms with Gasteiger partial charge in [-0.05, 0) is 37.6 Å². The Bertz CT molecular complexity index is 508. The van der Waals surface area contributed by atoms with E-state index in [1.54, 1.807) is 26.0 Å². The predicted molar refractivity (Wildman–Crippen MR) is 57.0 cm³/mol. The van der Waals surface area contributed by atoms with Gasteiger partial charge in [0.05, 0.1) is 6.04 Å². The van der Waals surface area contributed by atoms with E-state index < -0.39 is 0 Å². The highest BCUT2D eigenvalue weighted by atomic mass is 19.1. The van der Waals surface area contributed by atoms with Crippen molar-refractivity contribution < 1.29 is 8.81 Å². The molecule has 1 atom stereocenters. The molecule has 1 aromatic carbocycles. The van der Waals surface area contributed by atoms with E-state index >= 15 is 0 Å². The molecule has 0 aliphatic heterocycles. The lowest BCUT2D eigenvalue weighted by molar-refractivity contribution is 0.473. The van der Waals surface area contributed by atoms with Gasteiger partial charge in [0, 0.05) is 5.56 Å². The highest BCUT2D eigenvalue weighted by Crippen LogP contribution is 2.21. The summed E-state index contributed by atoms with van der Waals surface area (Å²) in [7, 11) is 0. The SMILES string of the molecule is Cc1cc(-c2nnc(C(C)N)o2)ccc1F. The number of rotatable bonds is 2. The summed E-state index contributed by atoms with van der Waals surface area (Å²) in [6.07, 6.45) is 0. The van der Waals surface area contributed by atoms with Crippen LogP contribution in [0.2, 0.25) is 0 Å². The summed E-state index contributed by atoms with van der Waals surface area (Å²) >= 11 is 0. The average Bonchev–Trinajstić information content (AvgIpc) is 2.71. The fraction of sp³-hybridized carbons (Fsp3) is 0.273. The topological polar surface area (TPSA) is 64.9 Å². The van der Waals surface area contributed by atoms with Gasteiger partial charge in [-0.25, -0.2) is 4.39 Å². The molecule has 5 heteroatoms. The molecule has 0 aliphatic carbocycles. The summed E-state index contributed by atoms with van der Waals surface area (Å²) in [4.78, 5) is 0. The normalized spacial score (nSPS) is 12.8. The van der Waals surface area contributed by atoms with Crippen molar-refractivity contribution in [3.8, 4) is 11.5 Å². The molecule has 16 heavy (non-hydrogen) atoms. The Hall–Kier alpha value is -1.75. The lowest BCUT2D eigenvalue weighted by Crippen LogP contribution is -2.04. The van der Waals surface area contributed by atoms with Crippen LogP contribution in [0.15, 0.2) is 22.6 Å². The quantitative estimate of drug-likeness (QED) is 0.844. The monoisotopic (exact) mass is 221 g/mol. The summed E-state index contributed by atoms with van der Waals surface area (Å²) in [5.74, 6) is 0.475. The largest absolute Gasteiger partial charge is 0.419 e. The Morgan fingerprint density at radius 2 is 2.12 bits per heavy atom. The molecule has 2 rings (SSSR count). The van der Waals surface area contributed by atoms with E-state index in [9.17, 15) is 4.39 Å². The van der Waals surface area contributed by atoms with Crippen molar-refractivity contribution in [1.82, 2.24) is 10.2 Å². The second-order valence-electron chi connectivity index (χ2n) is 3.70. The van der Waals surface area contributed by atoms with Crippen LogP contribution in [0, 0.1) is 12.7 Å². The maximum atomic E-state index is 13.1. The van der Waals surface area contributed by atoms with Crippen molar-refractivity contribution in [3.63, 3.8) is 0 Å². The molecular weight excluding hydrogens is 209 g/mol. The minimum Gasteiger partial charge on any atom is -0.419 e. The van der Waals surface area contributed by atoms with Crippen LogP contribution in [0.5, 0.6) is 0 Å². The van der Waals surface area contributed by atoms with Crippen LogP contribution in [-0.4, -0.2) is 10.2 Å². The highest BCUT2D eigenvalue weighted by Gasteiger charge is 2.12. The van der Waals surface area contributed by atoms with E-state index in [4.69, 9.17) is 10.2 Å². The molecule has 1 unspecified atom stereocenters.